The predicted molar refractivity (Wildman–Crippen MR) is 141 cm³/mol. The molecule has 17 heteroatoms. The molecule has 5 atom stereocenters. The molecule has 1 aromatic rings. The number of ether oxygens (including phenoxy) is 3. The van der Waals surface area contributed by atoms with E-state index < -0.39 is 85.5 Å². The van der Waals surface area contributed by atoms with E-state index in [9.17, 15) is 28.7 Å². The quantitative estimate of drug-likeness (QED) is 0.158. The van der Waals surface area contributed by atoms with Crippen molar-refractivity contribution >= 4 is 30.3 Å². The number of hydrogen-bond donors (Lipinski definition) is 4. The Bertz CT molecular complexity index is 1100. The average molecular weight is 603 g/mol. The van der Waals surface area contributed by atoms with Crippen LogP contribution in [0.3, 0.4) is 0 Å². The zero-order valence-corrected chi connectivity index (χ0v) is 24.5. The van der Waals surface area contributed by atoms with Gasteiger partial charge in [-0.2, -0.15) is 0 Å². The number of aliphatic hydroxyl groups excluding tert-OH is 1. The van der Waals surface area contributed by atoms with E-state index in [1.54, 1.807) is 27.7 Å². The van der Waals surface area contributed by atoms with E-state index >= 15 is 4.39 Å². The summed E-state index contributed by atoms with van der Waals surface area (Å²) in [5.41, 5.74) is -1.85. The molecule has 224 valence electrons. The lowest BCUT2D eigenvalue weighted by Gasteiger charge is -2.35. The lowest BCUT2D eigenvalue weighted by atomic mass is 10.2. The van der Waals surface area contributed by atoms with Gasteiger partial charge in [0, 0.05) is 12.3 Å². The van der Waals surface area contributed by atoms with Gasteiger partial charge in [-0.1, -0.05) is 0 Å². The van der Waals surface area contributed by atoms with Crippen LogP contribution in [-0.4, -0.2) is 76.1 Å². The van der Waals surface area contributed by atoms with Crippen LogP contribution in [0.1, 0.15) is 54.7 Å². The minimum Gasteiger partial charge on any atom is -0.462 e. The normalized spacial score (nSPS) is 16.8. The largest absolute Gasteiger partial charge is 0.462 e. The van der Waals surface area contributed by atoms with E-state index in [-0.39, 0.29) is 0 Å². The molecule has 0 aromatic carbocycles. The van der Waals surface area contributed by atoms with E-state index in [1.165, 1.54) is 13.8 Å². The van der Waals surface area contributed by atoms with Crippen molar-refractivity contribution in [2.45, 2.75) is 90.9 Å². The third-order valence-corrected chi connectivity index (χ3v) is 7.73. The molecule has 39 heavy (non-hydrogen) atoms. The second-order valence-corrected chi connectivity index (χ2v) is 12.6. The number of halogens is 2. The minimum absolute atomic E-state index is 0.454. The molecular weight excluding hydrogens is 565 g/mol. The van der Waals surface area contributed by atoms with Gasteiger partial charge in [-0.15, -0.1) is 0 Å². The molecule has 0 bridgehead atoms. The molecule has 0 fully saturated rings. The van der Waals surface area contributed by atoms with E-state index in [2.05, 4.69) is 10.2 Å². The van der Waals surface area contributed by atoms with Gasteiger partial charge in [-0.05, 0) is 60.3 Å². The molecule has 0 unspecified atom stereocenters. The van der Waals surface area contributed by atoms with Crippen LogP contribution in [0.5, 0.6) is 0 Å². The summed E-state index contributed by atoms with van der Waals surface area (Å²) in [6.07, 6.45) is -3.86. The molecule has 0 spiro atoms. The molecule has 1 rings (SSSR count). The summed E-state index contributed by atoms with van der Waals surface area (Å²) in [5.74, 6) is -4.58. The summed E-state index contributed by atoms with van der Waals surface area (Å²) in [7, 11) is 0. The van der Waals surface area contributed by atoms with Crippen LogP contribution in [0, 0.1) is 0 Å². The van der Waals surface area contributed by atoms with Crippen LogP contribution in [0.2, 0.25) is 0 Å². The van der Waals surface area contributed by atoms with E-state index in [4.69, 9.17) is 30.5 Å². The number of aromatic amines is 1. The maximum atomic E-state index is 15.9. The predicted octanol–water partition coefficient (Wildman–Crippen LogP) is 1.17. The van der Waals surface area contributed by atoms with E-state index in [0.29, 0.717) is 4.57 Å². The maximum absolute atomic E-state index is 15.9. The number of nitrogens with one attached hydrogen (secondary N) is 3. The van der Waals surface area contributed by atoms with Gasteiger partial charge in [0.05, 0.1) is 12.2 Å². The van der Waals surface area contributed by atoms with Crippen molar-refractivity contribution in [1.82, 2.24) is 19.7 Å². The Kier molecular flexibility index (Phi) is 13.5. The summed E-state index contributed by atoms with van der Waals surface area (Å²) in [4.78, 5) is 50.0. The molecule has 0 saturated heterocycles. The Labute approximate surface area is 229 Å². The lowest BCUT2D eigenvalue weighted by molar-refractivity contribution is -0.260. The van der Waals surface area contributed by atoms with Crippen molar-refractivity contribution in [3.8, 4) is 0 Å². The topological polar surface area (TPSA) is 170 Å². The van der Waals surface area contributed by atoms with Crippen molar-refractivity contribution in [1.29, 1.82) is 0 Å². The van der Waals surface area contributed by atoms with Gasteiger partial charge in [0.2, 0.25) is 0 Å². The summed E-state index contributed by atoms with van der Waals surface area (Å²) in [6, 6.07) is -1.27. The number of esters is 2. The van der Waals surface area contributed by atoms with Crippen LogP contribution in [0.15, 0.2) is 21.9 Å². The number of alkyl halides is 2. The number of H-pyrrole nitrogens is 1. The fraction of sp³-hybridized carbons (Fsp3) is 0.727. The van der Waals surface area contributed by atoms with Crippen molar-refractivity contribution in [3.63, 3.8) is 0 Å². The van der Waals surface area contributed by atoms with Gasteiger partial charge in [-0.25, -0.2) is 23.7 Å². The van der Waals surface area contributed by atoms with Gasteiger partial charge in [0.1, 0.15) is 31.5 Å². The van der Waals surface area contributed by atoms with Crippen LogP contribution in [0.25, 0.3) is 0 Å². The Morgan fingerprint density at radius 2 is 1.56 bits per heavy atom. The van der Waals surface area contributed by atoms with Crippen molar-refractivity contribution < 1.29 is 42.2 Å². The van der Waals surface area contributed by atoms with Gasteiger partial charge in [0.25, 0.3) is 11.4 Å². The number of hydrogen-bond acceptors (Lipinski definition) is 10. The first-order valence-corrected chi connectivity index (χ1v) is 14.8. The molecule has 0 saturated carbocycles. The van der Waals surface area contributed by atoms with E-state index in [1.807, 2.05) is 4.98 Å². The molecule has 0 aliphatic heterocycles. The third-order valence-electron chi connectivity index (χ3n) is 4.83. The molecule has 0 radical (unpaired) electrons. The third kappa shape index (κ3) is 11.1. The SMILES string of the molecule is CC(C)OC(=O)[C@H](C)NP(=S)(N[C@@H](C)C(=O)OC(C)C)OC[C@@](F)(O[C@H](CF)n1ccc(=O)[nH]c1=O)[C@H](C)O. The molecule has 13 nitrogen and oxygen atoms in total. The molecule has 0 aliphatic rings. The molecule has 0 aliphatic carbocycles. The number of rotatable bonds is 16. The Hall–Kier alpha value is -2.07. The maximum Gasteiger partial charge on any atom is 0.330 e. The zero-order chi connectivity index (χ0) is 30.1. The number of nitrogens with zero attached hydrogens (tertiary/aromatic N) is 1. The van der Waals surface area contributed by atoms with Crippen LogP contribution in [-0.2, 0) is 40.1 Å². The highest BCUT2D eigenvalue weighted by atomic mass is 32.4. The standard InChI is InChI=1S/C22H37F2N4O9PS/c1-12(2)35-19(31)14(5)26-38(39,27-15(6)20(32)36-13(3)4)34-11-22(24,16(7)29)37-18(10-23)28-9-8-17(30)25-21(28)33/h8-9,12-16,18,29H,10-11H2,1-7H3,(H,25,30,33)(H2,26,27,39)/t14-,15-,16-,18+,22+/m0/s1. The Balaban J connectivity index is 3.26. The smallest absolute Gasteiger partial charge is 0.330 e. The first-order chi connectivity index (χ1) is 17.9. The van der Waals surface area contributed by atoms with Crippen LogP contribution >= 0.6 is 6.57 Å². The minimum atomic E-state index is -3.71. The molecule has 4 N–H and O–H groups in total. The number of carbonyl (C=O) groups excluding carboxylic acids is 2. The fourth-order valence-corrected chi connectivity index (χ4v) is 5.79. The summed E-state index contributed by atoms with van der Waals surface area (Å²) in [6.45, 7) is 4.06. The van der Waals surface area contributed by atoms with Crippen LogP contribution < -0.4 is 21.4 Å². The fourth-order valence-electron chi connectivity index (χ4n) is 2.87. The Morgan fingerprint density at radius 3 is 1.95 bits per heavy atom. The van der Waals surface area contributed by atoms with Crippen molar-refractivity contribution in [3.05, 3.63) is 33.1 Å². The lowest BCUT2D eigenvalue weighted by Crippen LogP contribution is -2.48. The van der Waals surface area contributed by atoms with Gasteiger partial charge in [0.15, 0.2) is 12.8 Å². The van der Waals surface area contributed by atoms with Crippen molar-refractivity contribution in [2.24, 2.45) is 0 Å². The van der Waals surface area contributed by atoms with Crippen molar-refractivity contribution in [2.75, 3.05) is 13.3 Å². The van der Waals surface area contributed by atoms with Crippen LogP contribution in [0.4, 0.5) is 8.78 Å². The van der Waals surface area contributed by atoms with Gasteiger partial charge >= 0.3 is 17.6 Å². The molecular formula is C22H37F2N4O9PS. The van der Waals surface area contributed by atoms with E-state index in [0.717, 1.165) is 19.2 Å². The molecule has 0 amide bonds. The van der Waals surface area contributed by atoms with Gasteiger partial charge in [-0.3, -0.25) is 23.9 Å². The number of aromatic nitrogens is 2. The number of carbonyl (C=O) groups is 2. The highest BCUT2D eigenvalue weighted by Gasteiger charge is 2.43. The highest BCUT2D eigenvalue weighted by Crippen LogP contribution is 2.42. The molecule has 1 aromatic heterocycles. The highest BCUT2D eigenvalue weighted by molar-refractivity contribution is 8.10. The first kappa shape index (κ1) is 35.0. The average Bonchev–Trinajstić information content (AvgIpc) is 2.80. The monoisotopic (exact) mass is 602 g/mol. The summed E-state index contributed by atoms with van der Waals surface area (Å²) in [5, 5.41) is 15.6. The second kappa shape index (κ2) is 15.1. The molecule has 1 heterocycles. The zero-order valence-electron chi connectivity index (χ0n) is 22.8. The number of aliphatic hydroxyl groups is 1. The Morgan fingerprint density at radius 1 is 1.08 bits per heavy atom. The summed E-state index contributed by atoms with van der Waals surface area (Å²) < 4.78 is 51.3. The summed E-state index contributed by atoms with van der Waals surface area (Å²) >= 11 is 5.52. The van der Waals surface area contributed by atoms with Gasteiger partial charge < -0.3 is 23.8 Å². The first-order valence-electron chi connectivity index (χ1n) is 12.1. The second-order valence-electron chi connectivity index (χ2n) is 9.20.